The molecule has 3 nitrogen and oxygen atoms in total. The van der Waals surface area contributed by atoms with Crippen molar-refractivity contribution in [2.24, 2.45) is 5.92 Å². The molecule has 0 bridgehead atoms. The Kier molecular flexibility index (Phi) is 5.18. The molecule has 0 saturated carbocycles. The van der Waals surface area contributed by atoms with E-state index in [2.05, 4.69) is 44.3 Å². The van der Waals surface area contributed by atoms with Crippen molar-refractivity contribution >= 4 is 11.6 Å². The number of nitrogens with zero attached hydrogens (tertiary/aromatic N) is 1. The number of fused-ring (bicyclic) bond motifs is 1. The van der Waals surface area contributed by atoms with Crippen LogP contribution in [0, 0.1) is 5.92 Å². The first-order valence-electron chi connectivity index (χ1n) is 7.69. The lowest BCUT2D eigenvalue weighted by molar-refractivity contribution is -0.118. The molecule has 1 aliphatic rings. The average molecular weight is 274 g/mol. The number of hydrogen-bond acceptors (Lipinski definition) is 2. The number of rotatable bonds is 5. The Labute approximate surface area is 122 Å². The minimum absolute atomic E-state index is 0.270. The molecule has 1 heterocycles. The zero-order chi connectivity index (χ0) is 14.5. The third-order valence-electron chi connectivity index (χ3n) is 3.79. The van der Waals surface area contributed by atoms with Crippen molar-refractivity contribution < 1.29 is 4.79 Å². The highest BCUT2D eigenvalue weighted by atomic mass is 16.2. The Morgan fingerprint density at radius 1 is 1.20 bits per heavy atom. The van der Waals surface area contributed by atoms with Crippen molar-refractivity contribution in [3.05, 3.63) is 29.8 Å². The van der Waals surface area contributed by atoms with Gasteiger partial charge in [-0.15, -0.1) is 0 Å². The summed E-state index contributed by atoms with van der Waals surface area (Å²) in [5, 5.41) is 3.45. The minimum atomic E-state index is 0.270. The van der Waals surface area contributed by atoms with Crippen molar-refractivity contribution in [3.8, 4) is 0 Å². The Bertz CT molecular complexity index is 456. The summed E-state index contributed by atoms with van der Waals surface area (Å²) < 4.78 is 0. The lowest BCUT2D eigenvalue weighted by atomic mass is 10.1. The second kappa shape index (κ2) is 6.89. The Balaban J connectivity index is 2.10. The number of amides is 1. The van der Waals surface area contributed by atoms with Gasteiger partial charge in [0.1, 0.15) is 0 Å². The van der Waals surface area contributed by atoms with Crippen LogP contribution in [0.2, 0.25) is 0 Å². The third-order valence-corrected chi connectivity index (χ3v) is 3.79. The number of benzene rings is 1. The topological polar surface area (TPSA) is 32.3 Å². The predicted octanol–water partition coefficient (Wildman–Crippen LogP) is 2.99. The third kappa shape index (κ3) is 3.83. The first kappa shape index (κ1) is 15.0. The van der Waals surface area contributed by atoms with E-state index >= 15 is 0 Å². The molecular formula is C17H26N2O. The van der Waals surface area contributed by atoms with Gasteiger partial charge >= 0.3 is 0 Å². The SMILES string of the molecule is CC(CNC(C)C)CN1C(=O)CCCc2ccccc21. The second-order valence-electron chi connectivity index (χ2n) is 6.15. The van der Waals surface area contributed by atoms with Crippen LogP contribution < -0.4 is 10.2 Å². The van der Waals surface area contributed by atoms with Crippen LogP contribution in [-0.4, -0.2) is 25.0 Å². The van der Waals surface area contributed by atoms with E-state index in [0.29, 0.717) is 18.4 Å². The van der Waals surface area contributed by atoms with E-state index in [1.54, 1.807) is 0 Å². The zero-order valence-corrected chi connectivity index (χ0v) is 12.9. The molecule has 0 aromatic heterocycles. The van der Waals surface area contributed by atoms with Gasteiger partial charge in [0.05, 0.1) is 0 Å². The molecular weight excluding hydrogens is 248 g/mol. The summed E-state index contributed by atoms with van der Waals surface area (Å²) in [7, 11) is 0. The van der Waals surface area contributed by atoms with Crippen molar-refractivity contribution in [1.29, 1.82) is 0 Å². The zero-order valence-electron chi connectivity index (χ0n) is 12.9. The maximum Gasteiger partial charge on any atom is 0.227 e. The highest BCUT2D eigenvalue weighted by Crippen LogP contribution is 2.27. The first-order valence-corrected chi connectivity index (χ1v) is 7.69. The number of carbonyl (C=O) groups excluding carboxylic acids is 1. The Morgan fingerprint density at radius 3 is 2.70 bits per heavy atom. The van der Waals surface area contributed by atoms with Gasteiger partial charge in [0.25, 0.3) is 0 Å². The molecule has 1 unspecified atom stereocenters. The standard InChI is InChI=1S/C17H26N2O/c1-13(2)18-11-14(3)12-19-16-9-5-4-7-15(16)8-6-10-17(19)20/h4-5,7,9,13-14,18H,6,8,10-12H2,1-3H3. The van der Waals surface area contributed by atoms with Crippen LogP contribution in [0.4, 0.5) is 5.69 Å². The molecule has 3 heteroatoms. The van der Waals surface area contributed by atoms with Crippen molar-refractivity contribution in [2.45, 2.75) is 46.1 Å². The second-order valence-corrected chi connectivity index (χ2v) is 6.15. The number of nitrogens with one attached hydrogen (secondary N) is 1. The van der Waals surface area contributed by atoms with E-state index in [4.69, 9.17) is 0 Å². The summed E-state index contributed by atoms with van der Waals surface area (Å²) in [5.41, 5.74) is 2.42. The van der Waals surface area contributed by atoms with Gasteiger partial charge in [-0.3, -0.25) is 4.79 Å². The first-order chi connectivity index (χ1) is 9.58. The molecule has 1 amide bonds. The molecule has 0 saturated heterocycles. The van der Waals surface area contributed by atoms with Crippen molar-refractivity contribution in [3.63, 3.8) is 0 Å². The van der Waals surface area contributed by atoms with E-state index in [-0.39, 0.29) is 5.91 Å². The number of aryl methyl sites for hydroxylation is 1. The lowest BCUT2D eigenvalue weighted by Gasteiger charge is -2.27. The number of para-hydroxylation sites is 1. The van der Waals surface area contributed by atoms with E-state index < -0.39 is 0 Å². The van der Waals surface area contributed by atoms with Crippen LogP contribution in [-0.2, 0) is 11.2 Å². The van der Waals surface area contributed by atoms with Crippen LogP contribution in [0.15, 0.2) is 24.3 Å². The summed E-state index contributed by atoms with van der Waals surface area (Å²) in [5.74, 6) is 0.721. The number of carbonyl (C=O) groups is 1. The smallest absolute Gasteiger partial charge is 0.227 e. The molecule has 110 valence electrons. The van der Waals surface area contributed by atoms with Gasteiger partial charge in [0, 0.05) is 24.7 Å². The Morgan fingerprint density at radius 2 is 1.95 bits per heavy atom. The molecule has 0 fully saturated rings. The molecule has 1 aliphatic heterocycles. The molecule has 0 radical (unpaired) electrons. The van der Waals surface area contributed by atoms with Crippen LogP contribution in [0.25, 0.3) is 0 Å². The number of hydrogen-bond donors (Lipinski definition) is 1. The van der Waals surface area contributed by atoms with Gasteiger partial charge in [-0.1, -0.05) is 39.0 Å². The molecule has 1 aromatic rings. The monoisotopic (exact) mass is 274 g/mol. The van der Waals surface area contributed by atoms with E-state index in [1.807, 2.05) is 11.0 Å². The van der Waals surface area contributed by atoms with Gasteiger partial charge in [-0.25, -0.2) is 0 Å². The Hall–Kier alpha value is -1.35. The molecule has 1 aromatic carbocycles. The summed E-state index contributed by atoms with van der Waals surface area (Å²) in [6.07, 6.45) is 2.64. The van der Waals surface area contributed by atoms with Crippen molar-refractivity contribution in [1.82, 2.24) is 5.32 Å². The number of anilines is 1. The maximum absolute atomic E-state index is 12.4. The van der Waals surface area contributed by atoms with Gasteiger partial charge in [0.15, 0.2) is 0 Å². The van der Waals surface area contributed by atoms with Gasteiger partial charge in [0.2, 0.25) is 5.91 Å². The quantitative estimate of drug-likeness (QED) is 0.895. The minimum Gasteiger partial charge on any atom is -0.314 e. The summed E-state index contributed by atoms with van der Waals surface area (Å²) in [6.45, 7) is 8.26. The highest BCUT2D eigenvalue weighted by Gasteiger charge is 2.23. The van der Waals surface area contributed by atoms with Crippen LogP contribution in [0.3, 0.4) is 0 Å². The lowest BCUT2D eigenvalue weighted by Crippen LogP contribution is -2.38. The molecule has 0 aliphatic carbocycles. The summed E-state index contributed by atoms with van der Waals surface area (Å²) in [6, 6.07) is 8.82. The van der Waals surface area contributed by atoms with Gasteiger partial charge in [-0.2, -0.15) is 0 Å². The van der Waals surface area contributed by atoms with Crippen LogP contribution >= 0.6 is 0 Å². The molecule has 1 N–H and O–H groups in total. The molecule has 2 rings (SSSR count). The van der Waals surface area contributed by atoms with Crippen molar-refractivity contribution in [2.75, 3.05) is 18.0 Å². The van der Waals surface area contributed by atoms with Gasteiger partial charge in [-0.05, 0) is 36.9 Å². The molecule has 1 atom stereocenters. The van der Waals surface area contributed by atoms with E-state index in [9.17, 15) is 4.79 Å². The van der Waals surface area contributed by atoms with E-state index in [0.717, 1.165) is 31.6 Å². The van der Waals surface area contributed by atoms with E-state index in [1.165, 1.54) is 5.56 Å². The fraction of sp³-hybridized carbons (Fsp3) is 0.588. The van der Waals surface area contributed by atoms with Gasteiger partial charge < -0.3 is 10.2 Å². The largest absolute Gasteiger partial charge is 0.314 e. The predicted molar refractivity (Wildman–Crippen MR) is 84.0 cm³/mol. The molecule has 0 spiro atoms. The average Bonchev–Trinajstić information content (AvgIpc) is 2.57. The normalized spacial score (nSPS) is 17.0. The summed E-state index contributed by atoms with van der Waals surface area (Å²) in [4.78, 5) is 14.4. The fourth-order valence-electron chi connectivity index (χ4n) is 2.70. The molecule has 20 heavy (non-hydrogen) atoms. The maximum atomic E-state index is 12.4. The van der Waals surface area contributed by atoms with Crippen LogP contribution in [0.5, 0.6) is 0 Å². The highest BCUT2D eigenvalue weighted by molar-refractivity contribution is 5.94. The fourth-order valence-corrected chi connectivity index (χ4v) is 2.70. The summed E-state index contributed by atoms with van der Waals surface area (Å²) >= 11 is 0. The van der Waals surface area contributed by atoms with Crippen LogP contribution in [0.1, 0.15) is 39.2 Å².